The molecule has 92 valence electrons. The van der Waals surface area contributed by atoms with Crippen LogP contribution < -0.4 is 0 Å². The van der Waals surface area contributed by atoms with Gasteiger partial charge in [0.2, 0.25) is 5.13 Å². The fourth-order valence-corrected chi connectivity index (χ4v) is 2.36. The quantitative estimate of drug-likeness (QED) is 0.709. The molecule has 0 unspecified atom stereocenters. The van der Waals surface area contributed by atoms with E-state index in [9.17, 15) is 0 Å². The third kappa shape index (κ3) is 1.98. The van der Waals surface area contributed by atoms with Gasteiger partial charge in [0.1, 0.15) is 16.8 Å². The second kappa shape index (κ2) is 4.59. The smallest absolute Gasteiger partial charge is 0.191 e. The van der Waals surface area contributed by atoms with Crippen molar-refractivity contribution >= 4 is 11.3 Å². The molecule has 0 aliphatic carbocycles. The van der Waals surface area contributed by atoms with Gasteiger partial charge in [-0.2, -0.15) is 9.94 Å². The van der Waals surface area contributed by atoms with Gasteiger partial charge in [-0.05, 0) is 6.92 Å². The Morgan fingerprint density at radius 2 is 1.95 bits per heavy atom. The zero-order valence-corrected chi connectivity index (χ0v) is 10.8. The van der Waals surface area contributed by atoms with E-state index in [0.29, 0.717) is 10.8 Å². The zero-order chi connectivity index (χ0) is 13.2. The van der Waals surface area contributed by atoms with E-state index < -0.39 is 0 Å². The predicted molar refractivity (Wildman–Crippen MR) is 69.7 cm³/mol. The molecule has 0 saturated heterocycles. The van der Waals surface area contributed by atoms with E-state index in [2.05, 4.69) is 26.6 Å². The van der Waals surface area contributed by atoms with E-state index in [0.717, 1.165) is 10.6 Å². The minimum Gasteiger partial charge on any atom is -0.191 e. The van der Waals surface area contributed by atoms with Crippen LogP contribution >= 0.6 is 11.3 Å². The van der Waals surface area contributed by atoms with Crippen molar-refractivity contribution in [3.63, 3.8) is 0 Å². The van der Waals surface area contributed by atoms with Crippen LogP contribution in [0.5, 0.6) is 0 Å². The Hall–Kier alpha value is -2.59. The van der Waals surface area contributed by atoms with Crippen molar-refractivity contribution < 1.29 is 0 Å². The van der Waals surface area contributed by atoms with Crippen molar-refractivity contribution in [2.75, 3.05) is 0 Å². The Morgan fingerprint density at radius 1 is 1.16 bits per heavy atom. The largest absolute Gasteiger partial charge is 0.234 e. The average molecular weight is 268 g/mol. The Kier molecular flexibility index (Phi) is 2.78. The Balaban J connectivity index is 2.23. The fourth-order valence-electron chi connectivity index (χ4n) is 1.72. The third-order valence-electron chi connectivity index (χ3n) is 2.52. The van der Waals surface area contributed by atoms with Crippen molar-refractivity contribution in [2.45, 2.75) is 6.92 Å². The maximum atomic E-state index is 9.15. The first-order chi connectivity index (χ1) is 9.29. The fraction of sp³-hybridized carbons (Fsp3) is 0.0833. The SMILES string of the molecule is Cc1nnc(-n2nnc(C#N)c2-c2ccccc2)s1. The molecule has 0 amide bonds. The molecule has 2 aromatic heterocycles. The molecule has 1 aromatic carbocycles. The average Bonchev–Trinajstić information content (AvgIpc) is 3.05. The summed E-state index contributed by atoms with van der Waals surface area (Å²) in [6.07, 6.45) is 0. The summed E-state index contributed by atoms with van der Waals surface area (Å²) in [4.78, 5) is 0. The monoisotopic (exact) mass is 268 g/mol. The van der Waals surface area contributed by atoms with E-state index in [1.165, 1.54) is 11.3 Å². The maximum absolute atomic E-state index is 9.15. The summed E-state index contributed by atoms with van der Waals surface area (Å²) >= 11 is 1.40. The lowest BCUT2D eigenvalue weighted by atomic mass is 10.1. The molecule has 3 aromatic rings. The molecule has 3 rings (SSSR count). The first-order valence-corrected chi connectivity index (χ1v) is 6.33. The van der Waals surface area contributed by atoms with Gasteiger partial charge in [-0.15, -0.1) is 15.3 Å². The van der Waals surface area contributed by atoms with Gasteiger partial charge in [0.25, 0.3) is 0 Å². The third-order valence-corrected chi connectivity index (χ3v) is 3.33. The van der Waals surface area contributed by atoms with Gasteiger partial charge in [-0.3, -0.25) is 0 Å². The Morgan fingerprint density at radius 3 is 2.58 bits per heavy atom. The summed E-state index contributed by atoms with van der Waals surface area (Å²) in [6, 6.07) is 11.6. The molecule has 0 atom stereocenters. The van der Waals surface area contributed by atoms with Gasteiger partial charge in [-0.25, -0.2) is 0 Å². The van der Waals surface area contributed by atoms with Gasteiger partial charge >= 0.3 is 0 Å². The lowest BCUT2D eigenvalue weighted by Crippen LogP contribution is -1.99. The number of hydrogen-bond donors (Lipinski definition) is 0. The minimum absolute atomic E-state index is 0.277. The molecular formula is C12H8N6S. The molecule has 0 fully saturated rings. The van der Waals surface area contributed by atoms with Gasteiger partial charge < -0.3 is 0 Å². The molecule has 0 spiro atoms. The number of nitriles is 1. The number of hydrogen-bond acceptors (Lipinski definition) is 6. The number of benzene rings is 1. The highest BCUT2D eigenvalue weighted by atomic mass is 32.1. The second-order valence-electron chi connectivity index (χ2n) is 3.78. The summed E-state index contributed by atoms with van der Waals surface area (Å²) < 4.78 is 1.55. The van der Waals surface area contributed by atoms with E-state index >= 15 is 0 Å². The molecule has 2 heterocycles. The van der Waals surface area contributed by atoms with Crippen molar-refractivity contribution in [3.05, 3.63) is 41.0 Å². The molecule has 0 radical (unpaired) electrons. The Labute approximate surface area is 113 Å². The number of nitrogens with zero attached hydrogens (tertiary/aromatic N) is 6. The van der Waals surface area contributed by atoms with E-state index in [-0.39, 0.29) is 5.69 Å². The highest BCUT2D eigenvalue weighted by molar-refractivity contribution is 7.13. The van der Waals surface area contributed by atoms with Gasteiger partial charge in [-0.1, -0.05) is 46.9 Å². The lowest BCUT2D eigenvalue weighted by molar-refractivity contribution is 0.787. The molecule has 0 aliphatic heterocycles. The summed E-state index contributed by atoms with van der Waals surface area (Å²) in [5.74, 6) is 0. The van der Waals surface area contributed by atoms with Gasteiger partial charge in [0.15, 0.2) is 5.69 Å². The molecule has 0 bridgehead atoms. The highest BCUT2D eigenvalue weighted by Gasteiger charge is 2.18. The minimum atomic E-state index is 0.277. The summed E-state index contributed by atoms with van der Waals surface area (Å²) in [7, 11) is 0. The predicted octanol–water partition coefficient (Wildman–Crippen LogP) is 1.97. The molecular weight excluding hydrogens is 260 g/mol. The molecule has 0 N–H and O–H groups in total. The standard InChI is InChI=1S/C12H8N6S/c1-8-14-16-12(19-8)18-11(10(7-13)15-17-18)9-5-3-2-4-6-9/h2-6H,1H3. The highest BCUT2D eigenvalue weighted by Crippen LogP contribution is 2.25. The van der Waals surface area contributed by atoms with Crippen molar-refractivity contribution in [1.29, 1.82) is 5.26 Å². The van der Waals surface area contributed by atoms with Crippen molar-refractivity contribution in [2.24, 2.45) is 0 Å². The zero-order valence-electron chi connectivity index (χ0n) is 9.98. The van der Waals surface area contributed by atoms with E-state index in [1.807, 2.05) is 37.3 Å². The second-order valence-corrected chi connectivity index (χ2v) is 4.94. The molecule has 0 aliphatic rings. The van der Waals surface area contributed by atoms with Crippen molar-refractivity contribution in [1.82, 2.24) is 25.2 Å². The van der Waals surface area contributed by atoms with Crippen LogP contribution in [0, 0.1) is 18.3 Å². The Bertz CT molecular complexity index is 752. The van der Waals surface area contributed by atoms with Gasteiger partial charge in [0.05, 0.1) is 0 Å². The van der Waals surface area contributed by atoms with E-state index in [1.54, 1.807) is 4.68 Å². The number of aryl methyl sites for hydroxylation is 1. The van der Waals surface area contributed by atoms with Crippen LogP contribution in [0.1, 0.15) is 10.7 Å². The topological polar surface area (TPSA) is 80.3 Å². The molecule has 7 heteroatoms. The lowest BCUT2D eigenvalue weighted by Gasteiger charge is -2.02. The first kappa shape index (κ1) is 11.5. The van der Waals surface area contributed by atoms with Crippen LogP contribution in [-0.2, 0) is 0 Å². The van der Waals surface area contributed by atoms with E-state index in [4.69, 9.17) is 5.26 Å². The molecule has 6 nitrogen and oxygen atoms in total. The van der Waals surface area contributed by atoms with Crippen LogP contribution in [0.3, 0.4) is 0 Å². The summed E-state index contributed by atoms with van der Waals surface area (Å²) in [5, 5.41) is 26.5. The first-order valence-electron chi connectivity index (χ1n) is 5.51. The summed E-state index contributed by atoms with van der Waals surface area (Å²) in [5.41, 5.74) is 1.79. The normalized spacial score (nSPS) is 10.3. The van der Waals surface area contributed by atoms with Crippen molar-refractivity contribution in [3.8, 4) is 22.5 Å². The van der Waals surface area contributed by atoms with Crippen LogP contribution in [0.4, 0.5) is 0 Å². The van der Waals surface area contributed by atoms with Gasteiger partial charge in [0, 0.05) is 5.56 Å². The number of aromatic nitrogens is 5. The maximum Gasteiger partial charge on any atom is 0.234 e. The number of rotatable bonds is 2. The van der Waals surface area contributed by atoms with Crippen LogP contribution in [0.25, 0.3) is 16.4 Å². The van der Waals surface area contributed by atoms with Crippen LogP contribution in [0.15, 0.2) is 30.3 Å². The molecule has 19 heavy (non-hydrogen) atoms. The van der Waals surface area contributed by atoms with Crippen LogP contribution in [-0.4, -0.2) is 25.2 Å². The summed E-state index contributed by atoms with van der Waals surface area (Å²) in [6.45, 7) is 1.87. The van der Waals surface area contributed by atoms with Crippen LogP contribution in [0.2, 0.25) is 0 Å². The molecule has 0 saturated carbocycles.